The molecule has 1 aliphatic heterocycles. The van der Waals surface area contributed by atoms with Crippen molar-refractivity contribution in [2.24, 2.45) is 0 Å². The van der Waals surface area contributed by atoms with Gasteiger partial charge in [-0.25, -0.2) is 4.67 Å². The summed E-state index contributed by atoms with van der Waals surface area (Å²) in [6.45, 7) is 8.90. The van der Waals surface area contributed by atoms with Crippen LogP contribution in [0.15, 0.2) is 0 Å². The summed E-state index contributed by atoms with van der Waals surface area (Å²) in [7, 11) is -1.87. The van der Waals surface area contributed by atoms with Crippen molar-refractivity contribution >= 4 is 7.29 Å². The molecule has 0 N–H and O–H groups in total. The quantitative estimate of drug-likeness (QED) is 0.417. The summed E-state index contributed by atoms with van der Waals surface area (Å²) in [4.78, 5) is 0. The molecule has 2 nitrogen and oxygen atoms in total. The lowest BCUT2D eigenvalue weighted by Gasteiger charge is -1.95. The monoisotopic (exact) mass is 147 g/mol. The Kier molecular flexibility index (Phi) is 1.31. The van der Waals surface area contributed by atoms with E-state index in [1.807, 2.05) is 27.4 Å². The van der Waals surface area contributed by atoms with E-state index < -0.39 is 7.29 Å². The van der Waals surface area contributed by atoms with Gasteiger partial charge in [-0.05, 0) is 13.8 Å². The highest BCUT2D eigenvalue weighted by Gasteiger charge is 2.62. The van der Waals surface area contributed by atoms with Crippen LogP contribution >= 0.6 is 7.29 Å². The molecule has 0 aliphatic carbocycles. The Balaban J connectivity index is 2.78. The molecule has 9 heavy (non-hydrogen) atoms. The number of nitrogens with zero attached hydrogens (tertiary/aromatic N) is 1. The second kappa shape index (κ2) is 1.62. The van der Waals surface area contributed by atoms with Crippen LogP contribution in [0.25, 0.3) is 0 Å². The first-order valence-corrected chi connectivity index (χ1v) is 5.41. The minimum absolute atomic E-state index is 0.00174. The van der Waals surface area contributed by atoms with E-state index in [1.54, 1.807) is 0 Å². The second-order valence-corrected chi connectivity index (χ2v) is 6.42. The first-order chi connectivity index (χ1) is 3.94. The molecule has 0 aromatic carbocycles. The van der Waals surface area contributed by atoms with Crippen LogP contribution in [-0.2, 0) is 4.57 Å². The maximum absolute atomic E-state index is 11.5. The fraction of sp³-hybridized carbons (Fsp3) is 1.00. The van der Waals surface area contributed by atoms with E-state index in [0.717, 1.165) is 6.54 Å². The maximum atomic E-state index is 11.5. The molecule has 0 aromatic heterocycles. The van der Waals surface area contributed by atoms with Crippen molar-refractivity contribution in [3.63, 3.8) is 0 Å². The van der Waals surface area contributed by atoms with Gasteiger partial charge in [-0.3, -0.25) is 0 Å². The zero-order chi connectivity index (χ0) is 7.28. The van der Waals surface area contributed by atoms with Crippen molar-refractivity contribution in [2.45, 2.75) is 26.1 Å². The van der Waals surface area contributed by atoms with E-state index in [4.69, 9.17) is 0 Å². The molecular weight excluding hydrogens is 133 g/mol. The number of hydrogen-bond donors (Lipinski definition) is 0. The zero-order valence-corrected chi connectivity index (χ0v) is 7.40. The van der Waals surface area contributed by atoms with Crippen LogP contribution in [0.2, 0.25) is 0 Å². The van der Waals surface area contributed by atoms with Crippen molar-refractivity contribution in [2.75, 3.05) is 13.2 Å². The molecule has 0 radical (unpaired) electrons. The lowest BCUT2D eigenvalue weighted by Crippen LogP contribution is -2.07. The van der Waals surface area contributed by atoms with Gasteiger partial charge in [0, 0.05) is 13.2 Å². The lowest BCUT2D eigenvalue weighted by molar-refractivity contribution is 0.476. The molecule has 0 aromatic rings. The second-order valence-electron chi connectivity index (χ2n) is 3.09. The molecular formula is C6H14NOP. The topological polar surface area (TPSA) is 20.1 Å². The van der Waals surface area contributed by atoms with Gasteiger partial charge in [-0.1, -0.05) is 6.92 Å². The predicted octanol–water partition coefficient (Wildman–Crippen LogP) is 1.97. The Morgan fingerprint density at radius 2 is 1.89 bits per heavy atom. The van der Waals surface area contributed by atoms with Crippen molar-refractivity contribution < 1.29 is 4.57 Å². The van der Waals surface area contributed by atoms with Gasteiger partial charge >= 0.3 is 0 Å². The summed E-state index contributed by atoms with van der Waals surface area (Å²) in [6.07, 6.45) is 0. The largest absolute Gasteiger partial charge is 0.305 e. The average molecular weight is 147 g/mol. The third-order valence-corrected chi connectivity index (χ3v) is 6.15. The minimum atomic E-state index is -1.87. The molecule has 2 atom stereocenters. The van der Waals surface area contributed by atoms with Crippen LogP contribution in [-0.4, -0.2) is 23.2 Å². The van der Waals surface area contributed by atoms with E-state index in [9.17, 15) is 4.57 Å². The Morgan fingerprint density at radius 3 is 1.89 bits per heavy atom. The first-order valence-electron chi connectivity index (χ1n) is 3.30. The predicted molar refractivity (Wildman–Crippen MR) is 40.0 cm³/mol. The summed E-state index contributed by atoms with van der Waals surface area (Å²) >= 11 is 0. The fourth-order valence-electron chi connectivity index (χ4n) is 1.37. The lowest BCUT2D eigenvalue weighted by atomic mass is 10.4. The molecule has 1 saturated heterocycles. The molecule has 0 amide bonds. The standard InChI is InChI=1S/C6H14NOP/c1-5-7-6(2,3)9(7,4)8/h5H2,1-4H3. The normalized spacial score (nSPS) is 46.9. The van der Waals surface area contributed by atoms with Gasteiger partial charge in [0.1, 0.15) is 0 Å². The average Bonchev–Trinajstić information content (AvgIpc) is 2.00. The van der Waals surface area contributed by atoms with Crippen molar-refractivity contribution in [1.29, 1.82) is 0 Å². The summed E-state index contributed by atoms with van der Waals surface area (Å²) in [5, 5.41) is 0.00174. The van der Waals surface area contributed by atoms with E-state index in [-0.39, 0.29) is 5.28 Å². The molecule has 0 spiro atoms. The molecule has 3 heteroatoms. The summed E-state index contributed by atoms with van der Waals surface area (Å²) in [6, 6.07) is 0. The zero-order valence-electron chi connectivity index (χ0n) is 6.51. The van der Waals surface area contributed by atoms with Crippen LogP contribution in [0.3, 0.4) is 0 Å². The van der Waals surface area contributed by atoms with E-state index in [0.29, 0.717) is 0 Å². The van der Waals surface area contributed by atoms with Gasteiger partial charge in [-0.15, -0.1) is 0 Å². The Hall–Kier alpha value is 0.190. The molecule has 54 valence electrons. The maximum Gasteiger partial charge on any atom is 0.167 e. The van der Waals surface area contributed by atoms with Crippen LogP contribution in [0, 0.1) is 0 Å². The third-order valence-electron chi connectivity index (χ3n) is 2.37. The highest BCUT2D eigenvalue weighted by molar-refractivity contribution is 7.69. The van der Waals surface area contributed by atoms with Gasteiger partial charge in [0.25, 0.3) is 0 Å². The van der Waals surface area contributed by atoms with E-state index in [1.165, 1.54) is 0 Å². The Morgan fingerprint density at radius 1 is 1.56 bits per heavy atom. The number of hydrogen-bond acceptors (Lipinski definition) is 1. The van der Waals surface area contributed by atoms with E-state index in [2.05, 4.69) is 4.67 Å². The molecule has 1 rings (SSSR count). The number of rotatable bonds is 1. The minimum Gasteiger partial charge on any atom is -0.305 e. The molecule has 0 bridgehead atoms. The summed E-state index contributed by atoms with van der Waals surface area (Å²) in [5.74, 6) is 0. The molecule has 1 heterocycles. The van der Waals surface area contributed by atoms with Gasteiger partial charge < -0.3 is 4.57 Å². The smallest absolute Gasteiger partial charge is 0.167 e. The van der Waals surface area contributed by atoms with Crippen LogP contribution in [0.5, 0.6) is 0 Å². The van der Waals surface area contributed by atoms with Crippen LogP contribution in [0.1, 0.15) is 20.8 Å². The van der Waals surface area contributed by atoms with Crippen molar-refractivity contribution in [3.05, 3.63) is 0 Å². The van der Waals surface area contributed by atoms with Crippen LogP contribution < -0.4 is 0 Å². The Labute approximate surface area is 56.7 Å². The highest BCUT2D eigenvalue weighted by atomic mass is 31.2. The molecule has 0 saturated carbocycles. The van der Waals surface area contributed by atoms with Crippen molar-refractivity contribution in [1.82, 2.24) is 4.67 Å². The van der Waals surface area contributed by atoms with Gasteiger partial charge in [-0.2, -0.15) is 0 Å². The Bertz CT molecular complexity index is 176. The van der Waals surface area contributed by atoms with Crippen LogP contribution in [0.4, 0.5) is 0 Å². The molecule has 1 aliphatic rings. The van der Waals surface area contributed by atoms with Crippen molar-refractivity contribution in [3.8, 4) is 0 Å². The first kappa shape index (κ1) is 7.30. The van der Waals surface area contributed by atoms with Gasteiger partial charge in [0.05, 0.1) is 5.28 Å². The third kappa shape index (κ3) is 0.699. The highest BCUT2D eigenvalue weighted by Crippen LogP contribution is 2.77. The molecule has 1 fully saturated rings. The summed E-state index contributed by atoms with van der Waals surface area (Å²) < 4.78 is 13.5. The van der Waals surface area contributed by atoms with E-state index >= 15 is 0 Å². The SMILES string of the molecule is CCN1C(C)(C)P1(C)=O. The van der Waals surface area contributed by atoms with Gasteiger partial charge in [0.2, 0.25) is 0 Å². The molecule has 2 unspecified atom stereocenters. The summed E-state index contributed by atoms with van der Waals surface area (Å²) in [5.41, 5.74) is 0. The fourth-order valence-corrected chi connectivity index (χ4v) is 3.87. The van der Waals surface area contributed by atoms with Gasteiger partial charge in [0.15, 0.2) is 7.29 Å².